The normalized spacial score (nSPS) is 10.9. The number of fused-ring (bicyclic) bond motifs is 1. The van der Waals surface area contributed by atoms with E-state index in [-0.39, 0.29) is 0 Å². The maximum atomic E-state index is 11.5. The Balaban J connectivity index is 2.21. The molecule has 0 fully saturated rings. The van der Waals surface area contributed by atoms with Gasteiger partial charge < -0.3 is 4.40 Å². The van der Waals surface area contributed by atoms with E-state index in [4.69, 9.17) is 0 Å². The quantitative estimate of drug-likeness (QED) is 0.646. The van der Waals surface area contributed by atoms with Crippen LogP contribution in [0.25, 0.3) is 16.6 Å². The third kappa shape index (κ3) is 2.03. The molecule has 0 amide bonds. The number of aldehydes is 1. The monoisotopic (exact) mass is 263 g/mol. The lowest BCUT2D eigenvalue weighted by Crippen LogP contribution is -1.92. The molecule has 20 heavy (non-hydrogen) atoms. The lowest BCUT2D eigenvalue weighted by molar-refractivity contribution is 0.111. The fourth-order valence-electron chi connectivity index (χ4n) is 2.58. The topological polar surface area (TPSA) is 21.5 Å². The average molecular weight is 263 g/mol. The van der Waals surface area contributed by atoms with E-state index >= 15 is 0 Å². The molecule has 0 radical (unpaired) electrons. The third-order valence-corrected chi connectivity index (χ3v) is 3.75. The second-order valence-corrected chi connectivity index (χ2v) is 5.11. The van der Waals surface area contributed by atoms with Gasteiger partial charge in [0, 0.05) is 17.3 Å². The molecule has 0 aliphatic heterocycles. The van der Waals surface area contributed by atoms with E-state index in [9.17, 15) is 4.79 Å². The van der Waals surface area contributed by atoms with Crippen molar-refractivity contribution in [1.29, 1.82) is 0 Å². The number of aryl methyl sites for hydroxylation is 2. The number of rotatable bonds is 3. The van der Waals surface area contributed by atoms with Crippen molar-refractivity contribution in [2.45, 2.75) is 20.3 Å². The summed E-state index contributed by atoms with van der Waals surface area (Å²) < 4.78 is 1.95. The van der Waals surface area contributed by atoms with Gasteiger partial charge in [0.1, 0.15) is 0 Å². The molecular weight excluding hydrogens is 246 g/mol. The molecule has 2 aromatic heterocycles. The third-order valence-electron chi connectivity index (χ3n) is 3.75. The highest BCUT2D eigenvalue weighted by Crippen LogP contribution is 2.27. The molecule has 1 aromatic carbocycles. The Kier molecular flexibility index (Phi) is 3.15. The Morgan fingerprint density at radius 2 is 1.85 bits per heavy atom. The van der Waals surface area contributed by atoms with E-state index < -0.39 is 0 Å². The van der Waals surface area contributed by atoms with Crippen LogP contribution in [0.5, 0.6) is 0 Å². The van der Waals surface area contributed by atoms with Gasteiger partial charge in [-0.15, -0.1) is 0 Å². The van der Waals surface area contributed by atoms with Crippen LogP contribution < -0.4 is 0 Å². The van der Waals surface area contributed by atoms with Crippen molar-refractivity contribution in [1.82, 2.24) is 4.40 Å². The van der Waals surface area contributed by atoms with Gasteiger partial charge >= 0.3 is 0 Å². The van der Waals surface area contributed by atoms with Crippen LogP contribution in [0.3, 0.4) is 0 Å². The predicted molar refractivity (Wildman–Crippen MR) is 82.3 cm³/mol. The van der Waals surface area contributed by atoms with E-state index in [2.05, 4.69) is 50.2 Å². The van der Waals surface area contributed by atoms with Crippen LogP contribution in [0.1, 0.15) is 28.5 Å². The molecule has 0 atom stereocenters. The molecule has 0 saturated carbocycles. The maximum absolute atomic E-state index is 11.5. The highest BCUT2D eigenvalue weighted by Gasteiger charge is 2.11. The number of aromatic nitrogens is 1. The van der Waals surface area contributed by atoms with Crippen LogP contribution in [0, 0.1) is 6.92 Å². The van der Waals surface area contributed by atoms with Crippen molar-refractivity contribution in [3.05, 3.63) is 65.5 Å². The molecule has 2 heterocycles. The van der Waals surface area contributed by atoms with Crippen molar-refractivity contribution in [3.8, 4) is 11.1 Å². The summed E-state index contributed by atoms with van der Waals surface area (Å²) in [5, 5.41) is 0. The minimum Gasteiger partial charge on any atom is -0.314 e. The van der Waals surface area contributed by atoms with Gasteiger partial charge in [0.25, 0.3) is 0 Å². The second kappa shape index (κ2) is 4.97. The first kappa shape index (κ1) is 12.7. The van der Waals surface area contributed by atoms with E-state index in [0.29, 0.717) is 5.69 Å². The van der Waals surface area contributed by atoms with Gasteiger partial charge in [-0.25, -0.2) is 0 Å². The summed E-state index contributed by atoms with van der Waals surface area (Å²) in [6.45, 7) is 4.20. The highest BCUT2D eigenvalue weighted by molar-refractivity contribution is 5.89. The van der Waals surface area contributed by atoms with Crippen molar-refractivity contribution < 1.29 is 4.79 Å². The summed E-state index contributed by atoms with van der Waals surface area (Å²) in [4.78, 5) is 11.5. The Hall–Kier alpha value is -2.35. The van der Waals surface area contributed by atoms with Crippen LogP contribution in [0.2, 0.25) is 0 Å². The molecule has 3 aromatic rings. The van der Waals surface area contributed by atoms with Gasteiger partial charge in [-0.2, -0.15) is 0 Å². The van der Waals surface area contributed by atoms with Crippen LogP contribution in [-0.4, -0.2) is 10.7 Å². The van der Waals surface area contributed by atoms with Gasteiger partial charge in [-0.05, 0) is 48.2 Å². The zero-order valence-corrected chi connectivity index (χ0v) is 11.8. The Labute approximate surface area is 118 Å². The molecule has 2 heteroatoms. The van der Waals surface area contributed by atoms with E-state index in [1.165, 1.54) is 11.1 Å². The summed E-state index contributed by atoms with van der Waals surface area (Å²) in [5.74, 6) is 0. The molecule has 0 bridgehead atoms. The largest absolute Gasteiger partial charge is 0.314 e. The van der Waals surface area contributed by atoms with Gasteiger partial charge in [0.05, 0.1) is 5.69 Å². The lowest BCUT2D eigenvalue weighted by Gasteiger charge is -2.02. The molecule has 0 unspecified atom stereocenters. The first-order chi connectivity index (χ1) is 9.72. The first-order valence-corrected chi connectivity index (χ1v) is 6.89. The Morgan fingerprint density at radius 1 is 1.10 bits per heavy atom. The molecule has 2 nitrogen and oxygen atoms in total. The van der Waals surface area contributed by atoms with Gasteiger partial charge in [-0.3, -0.25) is 4.79 Å². The van der Waals surface area contributed by atoms with E-state index in [1.807, 2.05) is 16.7 Å². The lowest BCUT2D eigenvalue weighted by atomic mass is 10.0. The molecule has 3 rings (SSSR count). The number of carbonyl (C=O) groups excluding carboxylic acids is 1. The maximum Gasteiger partial charge on any atom is 0.167 e. The predicted octanol–water partition coefficient (Wildman–Crippen LogP) is 4.29. The minimum absolute atomic E-state index is 0.712. The van der Waals surface area contributed by atoms with Gasteiger partial charge in [-0.1, -0.05) is 31.2 Å². The number of pyridine rings is 1. The molecule has 100 valence electrons. The zero-order valence-electron chi connectivity index (χ0n) is 11.8. The molecule has 0 N–H and O–H groups in total. The van der Waals surface area contributed by atoms with Crippen molar-refractivity contribution in [2.24, 2.45) is 0 Å². The standard InChI is InChI=1S/C18H17NO/c1-3-14-4-6-15(7-5-14)17-11-16-10-13(2)8-9-19(16)18(17)12-20/h4-12H,3H2,1-2H3. The van der Waals surface area contributed by atoms with Gasteiger partial charge in [0.15, 0.2) is 6.29 Å². The van der Waals surface area contributed by atoms with Crippen LogP contribution in [-0.2, 0) is 6.42 Å². The Bertz CT molecular complexity index is 766. The Morgan fingerprint density at radius 3 is 2.50 bits per heavy atom. The summed E-state index contributed by atoms with van der Waals surface area (Å²) in [7, 11) is 0. The number of benzene rings is 1. The van der Waals surface area contributed by atoms with Crippen LogP contribution in [0.4, 0.5) is 0 Å². The molecule has 0 saturated heterocycles. The zero-order chi connectivity index (χ0) is 14.1. The van der Waals surface area contributed by atoms with Gasteiger partial charge in [0.2, 0.25) is 0 Å². The average Bonchev–Trinajstić information content (AvgIpc) is 2.84. The fraction of sp³-hybridized carbons (Fsp3) is 0.167. The van der Waals surface area contributed by atoms with Crippen molar-refractivity contribution in [3.63, 3.8) is 0 Å². The smallest absolute Gasteiger partial charge is 0.167 e. The first-order valence-electron chi connectivity index (χ1n) is 6.89. The number of hydrogen-bond acceptors (Lipinski definition) is 1. The molecule has 0 aliphatic carbocycles. The van der Waals surface area contributed by atoms with Crippen molar-refractivity contribution >= 4 is 11.8 Å². The van der Waals surface area contributed by atoms with E-state index in [0.717, 1.165) is 29.4 Å². The fourth-order valence-corrected chi connectivity index (χ4v) is 2.58. The minimum atomic E-state index is 0.712. The molecule has 0 spiro atoms. The second-order valence-electron chi connectivity index (χ2n) is 5.11. The summed E-state index contributed by atoms with van der Waals surface area (Å²) in [5.41, 5.74) is 6.35. The molecule has 0 aliphatic rings. The van der Waals surface area contributed by atoms with Crippen LogP contribution >= 0.6 is 0 Å². The number of hydrogen-bond donors (Lipinski definition) is 0. The van der Waals surface area contributed by atoms with E-state index in [1.54, 1.807) is 0 Å². The molecular formula is C18H17NO. The number of carbonyl (C=O) groups is 1. The van der Waals surface area contributed by atoms with Crippen molar-refractivity contribution in [2.75, 3.05) is 0 Å². The summed E-state index contributed by atoms with van der Waals surface area (Å²) >= 11 is 0. The SMILES string of the molecule is CCc1ccc(-c2cc3cc(C)ccn3c2C=O)cc1. The van der Waals surface area contributed by atoms with Crippen LogP contribution in [0.15, 0.2) is 48.7 Å². The number of nitrogens with zero attached hydrogens (tertiary/aromatic N) is 1. The highest BCUT2D eigenvalue weighted by atomic mass is 16.1. The summed E-state index contributed by atoms with van der Waals surface area (Å²) in [6, 6.07) is 14.6. The summed E-state index contributed by atoms with van der Waals surface area (Å²) in [6.07, 6.45) is 3.92.